The molecule has 0 radical (unpaired) electrons. The van der Waals surface area contributed by atoms with Crippen LogP contribution in [-0.4, -0.2) is 54.4 Å². The lowest BCUT2D eigenvalue weighted by atomic mass is 9.97. The van der Waals surface area contributed by atoms with Gasteiger partial charge in [0, 0.05) is 18.2 Å². The molecule has 1 N–H and O–H groups in total. The van der Waals surface area contributed by atoms with Gasteiger partial charge in [-0.05, 0) is 44.0 Å². The van der Waals surface area contributed by atoms with Gasteiger partial charge in [-0.2, -0.15) is 0 Å². The number of methoxy groups -OCH3 is 1. The van der Waals surface area contributed by atoms with Crippen LogP contribution in [0.3, 0.4) is 0 Å². The molecule has 194 valence electrons. The molecule has 6 heteroatoms. The second-order valence-electron chi connectivity index (χ2n) is 11.1. The molecule has 0 amide bonds. The van der Waals surface area contributed by atoms with E-state index in [4.69, 9.17) is 18.9 Å². The van der Waals surface area contributed by atoms with Crippen molar-refractivity contribution >= 4 is 23.2 Å². The lowest BCUT2D eigenvalue weighted by Crippen LogP contribution is -2.53. The van der Waals surface area contributed by atoms with E-state index >= 15 is 0 Å². The molecule has 0 saturated carbocycles. The number of rotatable bonds is 6. The number of aliphatic hydroxyl groups excluding tert-OH is 1. The molecule has 3 aromatic carbocycles. The average molecular weight is 520 g/mol. The number of hydrogen-bond donors (Lipinski definition) is 1. The first-order valence-electron chi connectivity index (χ1n) is 13.2. The van der Waals surface area contributed by atoms with E-state index in [0.29, 0.717) is 0 Å². The Hall–Kier alpha value is -2.11. The highest BCUT2D eigenvalue weighted by atomic mass is 31.2. The van der Waals surface area contributed by atoms with Crippen molar-refractivity contribution < 1.29 is 24.1 Å². The molecule has 3 aromatic rings. The van der Waals surface area contributed by atoms with E-state index in [9.17, 15) is 5.11 Å². The largest absolute Gasteiger partial charge is 0.386 e. The van der Waals surface area contributed by atoms with Crippen LogP contribution in [-0.2, 0) is 18.9 Å². The summed E-state index contributed by atoms with van der Waals surface area (Å²) in [5.74, 6) is -0.594. The smallest absolute Gasteiger partial charge is 0.190 e. The average Bonchev–Trinajstić information content (AvgIpc) is 3.48. The van der Waals surface area contributed by atoms with E-state index in [1.807, 2.05) is 13.8 Å². The molecule has 3 aliphatic rings. The molecular weight excluding hydrogens is 483 g/mol. The second-order valence-corrected chi connectivity index (χ2v) is 14.6. The molecule has 2 unspecified atom stereocenters. The van der Waals surface area contributed by atoms with E-state index in [1.165, 1.54) is 27.0 Å². The Morgan fingerprint density at radius 3 is 1.97 bits per heavy atom. The zero-order valence-corrected chi connectivity index (χ0v) is 23.0. The third-order valence-corrected chi connectivity index (χ3v) is 13.3. The molecule has 0 bridgehead atoms. The summed E-state index contributed by atoms with van der Waals surface area (Å²) >= 11 is 0. The Morgan fingerprint density at radius 1 is 0.838 bits per heavy atom. The molecule has 6 atom stereocenters. The van der Waals surface area contributed by atoms with E-state index in [2.05, 4.69) is 92.7 Å². The monoisotopic (exact) mass is 519 g/mol. The maximum absolute atomic E-state index is 12.4. The number of aliphatic hydroxyl groups is 1. The standard InChI is InChI=1S/C31H36O5P/c1-19(2)29(25(32)26-27(33-5)28-30(34-26)36-31(3,4)35-28)37(20-13-7-6-8-14-20)23-17-11-9-15-21(23)22-16-10-12-18-24(22)37/h6-19,25-30,32H,1-5H3/q+1/t25?,26-,27+,28-,29?,30-/m1/s1. The summed E-state index contributed by atoms with van der Waals surface area (Å²) in [5.41, 5.74) is 2.40. The number of fused-ring (bicyclic) bond motifs is 4. The van der Waals surface area contributed by atoms with Crippen molar-refractivity contribution in [3.05, 3.63) is 78.9 Å². The van der Waals surface area contributed by atoms with Crippen LogP contribution < -0.4 is 15.9 Å². The summed E-state index contributed by atoms with van der Waals surface area (Å²) in [6, 6.07) is 28.2. The van der Waals surface area contributed by atoms with Gasteiger partial charge in [0.2, 0.25) is 0 Å². The minimum absolute atomic E-state index is 0.116. The third-order valence-electron chi connectivity index (χ3n) is 8.14. The third kappa shape index (κ3) is 3.75. The van der Waals surface area contributed by atoms with Crippen LogP contribution in [0.4, 0.5) is 0 Å². The fraction of sp³-hybridized carbons (Fsp3) is 0.419. The molecular formula is C31H36O5P+. The first kappa shape index (κ1) is 25.2. The van der Waals surface area contributed by atoms with Crippen molar-refractivity contribution in [3.63, 3.8) is 0 Å². The first-order valence-corrected chi connectivity index (χ1v) is 15.0. The predicted octanol–water partition coefficient (Wildman–Crippen LogP) is 4.24. The number of benzene rings is 3. The van der Waals surface area contributed by atoms with Gasteiger partial charge in [-0.1, -0.05) is 68.4 Å². The highest BCUT2D eigenvalue weighted by molar-refractivity contribution is 7.97. The lowest BCUT2D eigenvalue weighted by Gasteiger charge is -2.40. The Labute approximate surface area is 220 Å². The van der Waals surface area contributed by atoms with E-state index in [1.54, 1.807) is 7.11 Å². The van der Waals surface area contributed by atoms with Gasteiger partial charge >= 0.3 is 0 Å². The van der Waals surface area contributed by atoms with E-state index < -0.39 is 37.7 Å². The van der Waals surface area contributed by atoms with Crippen molar-refractivity contribution in [2.45, 2.75) is 69.8 Å². The van der Waals surface area contributed by atoms with Crippen molar-refractivity contribution in [2.24, 2.45) is 5.92 Å². The first-order chi connectivity index (χ1) is 17.8. The Morgan fingerprint density at radius 2 is 1.41 bits per heavy atom. The summed E-state index contributed by atoms with van der Waals surface area (Å²) in [6.45, 7) is 8.20. The summed E-state index contributed by atoms with van der Waals surface area (Å²) in [6.07, 6.45) is -2.78. The van der Waals surface area contributed by atoms with Gasteiger partial charge in [0.25, 0.3) is 0 Å². The summed E-state index contributed by atoms with van der Waals surface area (Å²) in [4.78, 5) is 0. The topological polar surface area (TPSA) is 57.2 Å². The lowest BCUT2D eigenvalue weighted by molar-refractivity contribution is -0.228. The van der Waals surface area contributed by atoms with E-state index in [0.717, 1.165) is 0 Å². The Balaban J connectivity index is 1.54. The van der Waals surface area contributed by atoms with Crippen LogP contribution in [0.1, 0.15) is 27.7 Å². The molecule has 2 saturated heterocycles. The zero-order valence-electron chi connectivity index (χ0n) is 22.1. The van der Waals surface area contributed by atoms with Crippen LogP contribution in [0.5, 0.6) is 0 Å². The molecule has 3 heterocycles. The van der Waals surface area contributed by atoms with Crippen molar-refractivity contribution in [1.82, 2.24) is 0 Å². The maximum Gasteiger partial charge on any atom is 0.190 e. The van der Waals surface area contributed by atoms with Crippen LogP contribution >= 0.6 is 7.26 Å². The molecule has 6 rings (SSSR count). The molecule has 3 aliphatic heterocycles. The van der Waals surface area contributed by atoms with Crippen LogP contribution in [0.2, 0.25) is 0 Å². The van der Waals surface area contributed by atoms with Crippen LogP contribution in [0, 0.1) is 5.92 Å². The highest BCUT2D eigenvalue weighted by Crippen LogP contribution is 2.68. The SMILES string of the molecule is CO[C@@H]1[C@H]2OC(C)(C)O[C@H]2O[C@@H]1C(O)C(C(C)C)[P+]1(c2ccccc2)c2ccccc2-c2ccccc21. The van der Waals surface area contributed by atoms with Gasteiger partial charge in [-0.25, -0.2) is 0 Å². The fourth-order valence-corrected chi connectivity index (χ4v) is 12.7. The fourth-order valence-electron chi connectivity index (χ4n) is 6.89. The molecule has 0 aliphatic carbocycles. The van der Waals surface area contributed by atoms with Crippen molar-refractivity contribution in [2.75, 3.05) is 7.11 Å². The highest BCUT2D eigenvalue weighted by Gasteiger charge is 2.65. The van der Waals surface area contributed by atoms with Gasteiger partial charge in [-0.3, -0.25) is 0 Å². The van der Waals surface area contributed by atoms with E-state index in [-0.39, 0.29) is 17.7 Å². The quantitative estimate of drug-likeness (QED) is 0.494. The molecule has 0 aromatic heterocycles. The van der Waals surface area contributed by atoms with Gasteiger partial charge in [-0.15, -0.1) is 0 Å². The summed E-state index contributed by atoms with van der Waals surface area (Å²) in [5, 5.41) is 16.3. The minimum atomic E-state index is -2.31. The van der Waals surface area contributed by atoms with Crippen molar-refractivity contribution in [3.8, 4) is 11.1 Å². The zero-order chi connectivity index (χ0) is 25.9. The number of ether oxygens (including phenoxy) is 4. The molecule has 5 nitrogen and oxygen atoms in total. The van der Waals surface area contributed by atoms with Gasteiger partial charge in [0.15, 0.2) is 12.1 Å². The van der Waals surface area contributed by atoms with Crippen LogP contribution in [0.25, 0.3) is 11.1 Å². The molecule has 37 heavy (non-hydrogen) atoms. The Bertz CT molecular complexity index is 1230. The van der Waals surface area contributed by atoms with Gasteiger partial charge in [0.05, 0.1) is 0 Å². The predicted molar refractivity (Wildman–Crippen MR) is 148 cm³/mol. The minimum Gasteiger partial charge on any atom is -0.386 e. The van der Waals surface area contributed by atoms with Gasteiger partial charge in [0.1, 0.15) is 53.3 Å². The van der Waals surface area contributed by atoms with Gasteiger partial charge < -0.3 is 24.1 Å². The normalized spacial score (nSPS) is 28.5. The van der Waals surface area contributed by atoms with Crippen LogP contribution in [0.15, 0.2) is 78.9 Å². The summed E-state index contributed by atoms with van der Waals surface area (Å²) < 4.78 is 24.6. The number of hydrogen-bond acceptors (Lipinski definition) is 5. The molecule has 2 fully saturated rings. The van der Waals surface area contributed by atoms with Crippen molar-refractivity contribution in [1.29, 1.82) is 0 Å². The Kier molecular flexibility index (Phi) is 6.31. The maximum atomic E-state index is 12.4. The second kappa shape index (κ2) is 9.27. The molecule has 0 spiro atoms. The summed E-state index contributed by atoms with van der Waals surface area (Å²) in [7, 11) is -0.650.